The summed E-state index contributed by atoms with van der Waals surface area (Å²) in [5.74, 6) is 0.544. The van der Waals surface area contributed by atoms with Crippen molar-refractivity contribution >= 4 is 44.9 Å². The summed E-state index contributed by atoms with van der Waals surface area (Å²) < 4.78 is 33.5. The van der Waals surface area contributed by atoms with Crippen LogP contribution >= 0.6 is 11.8 Å². The van der Waals surface area contributed by atoms with E-state index in [-0.39, 0.29) is 16.5 Å². The smallest absolute Gasteiger partial charge is 0.321 e. The molecule has 0 fully saturated rings. The lowest BCUT2D eigenvalue weighted by atomic mass is 10.2. The standard InChI is InChI=1S/C19H12F2N4O2S/c20-18(21)25-12-7-3-2-6-11(12)22-19(25)28-9-14-23-15-10-5-1-4-8-13(10)27-16(15)17(26)24-14/h1-8,18H,9H2,(H,23,24,26). The maximum atomic E-state index is 13.5. The van der Waals surface area contributed by atoms with Gasteiger partial charge in [0.05, 0.1) is 16.8 Å². The average molecular weight is 398 g/mol. The summed E-state index contributed by atoms with van der Waals surface area (Å²) in [6.45, 7) is -2.72. The topological polar surface area (TPSA) is 76.7 Å². The third-order valence-corrected chi connectivity index (χ3v) is 5.34. The second-order valence-corrected chi connectivity index (χ2v) is 7.05. The number of thioether (sulfide) groups is 1. The fraction of sp³-hybridized carbons (Fsp3) is 0.105. The van der Waals surface area contributed by atoms with Crippen LogP contribution in [0.2, 0.25) is 0 Å². The fourth-order valence-electron chi connectivity index (χ4n) is 3.16. The monoisotopic (exact) mass is 398 g/mol. The Morgan fingerprint density at radius 2 is 1.89 bits per heavy atom. The number of nitrogens with zero attached hydrogens (tertiary/aromatic N) is 3. The van der Waals surface area contributed by atoms with E-state index in [1.807, 2.05) is 18.2 Å². The molecule has 0 aliphatic heterocycles. The normalized spacial score (nSPS) is 12.0. The van der Waals surface area contributed by atoms with Crippen molar-refractivity contribution in [3.8, 4) is 0 Å². The molecule has 0 aliphatic carbocycles. The molecule has 0 bridgehead atoms. The number of imidazole rings is 1. The van der Waals surface area contributed by atoms with Crippen LogP contribution in [0.1, 0.15) is 12.4 Å². The van der Waals surface area contributed by atoms with Gasteiger partial charge in [-0.25, -0.2) is 9.97 Å². The Hall–Kier alpha value is -3.20. The Morgan fingerprint density at radius 1 is 1.11 bits per heavy atom. The van der Waals surface area contributed by atoms with Crippen LogP contribution in [0.4, 0.5) is 8.78 Å². The van der Waals surface area contributed by atoms with Crippen molar-refractivity contribution in [1.29, 1.82) is 0 Å². The minimum atomic E-state index is -2.72. The van der Waals surface area contributed by atoms with Gasteiger partial charge in [-0.15, -0.1) is 0 Å². The predicted molar refractivity (Wildman–Crippen MR) is 103 cm³/mol. The largest absolute Gasteiger partial charge is 0.449 e. The van der Waals surface area contributed by atoms with Gasteiger partial charge in [0, 0.05) is 5.39 Å². The first kappa shape index (κ1) is 16.9. The molecule has 9 heteroatoms. The Bertz CT molecular complexity index is 1390. The summed E-state index contributed by atoms with van der Waals surface area (Å²) in [7, 11) is 0. The van der Waals surface area contributed by atoms with Crippen LogP contribution in [0, 0.1) is 0 Å². The molecule has 0 radical (unpaired) electrons. The van der Waals surface area contributed by atoms with E-state index < -0.39 is 12.1 Å². The summed E-state index contributed by atoms with van der Waals surface area (Å²) >= 11 is 1.09. The molecule has 3 heterocycles. The SMILES string of the molecule is O=c1[nH]c(CSc2nc3ccccc3n2C(F)F)nc2c1oc1ccccc12. The van der Waals surface area contributed by atoms with Gasteiger partial charge in [0.15, 0.2) is 5.16 Å². The highest BCUT2D eigenvalue weighted by Gasteiger charge is 2.19. The molecular weight excluding hydrogens is 386 g/mol. The predicted octanol–water partition coefficient (Wildman–Crippen LogP) is 4.71. The van der Waals surface area contributed by atoms with Crippen LogP contribution in [0.25, 0.3) is 33.1 Å². The number of fused-ring (bicyclic) bond motifs is 4. The average Bonchev–Trinajstić information content (AvgIpc) is 3.25. The number of furan rings is 1. The zero-order valence-electron chi connectivity index (χ0n) is 14.2. The van der Waals surface area contributed by atoms with Gasteiger partial charge in [-0.1, -0.05) is 36.0 Å². The number of aromatic nitrogens is 4. The first-order chi connectivity index (χ1) is 13.6. The molecule has 6 nitrogen and oxygen atoms in total. The number of alkyl halides is 2. The second kappa shape index (κ2) is 6.45. The van der Waals surface area contributed by atoms with E-state index in [0.29, 0.717) is 28.0 Å². The summed E-state index contributed by atoms with van der Waals surface area (Å²) in [5.41, 5.74) is 1.62. The van der Waals surface area contributed by atoms with Crippen molar-refractivity contribution in [2.45, 2.75) is 17.5 Å². The lowest BCUT2D eigenvalue weighted by Crippen LogP contribution is -2.10. The Kier molecular flexibility index (Phi) is 3.90. The van der Waals surface area contributed by atoms with Crippen LogP contribution in [0.3, 0.4) is 0 Å². The van der Waals surface area contributed by atoms with Crippen LogP contribution < -0.4 is 5.56 Å². The molecule has 0 saturated carbocycles. The van der Waals surface area contributed by atoms with Crippen molar-refractivity contribution in [3.05, 3.63) is 64.7 Å². The number of rotatable bonds is 4. The number of benzene rings is 2. The van der Waals surface area contributed by atoms with Crippen molar-refractivity contribution < 1.29 is 13.2 Å². The van der Waals surface area contributed by atoms with Crippen molar-refractivity contribution in [2.24, 2.45) is 0 Å². The third kappa shape index (κ3) is 2.66. The van der Waals surface area contributed by atoms with Gasteiger partial charge in [0.25, 0.3) is 5.56 Å². The molecule has 1 N–H and O–H groups in total. The van der Waals surface area contributed by atoms with Gasteiger partial charge < -0.3 is 9.40 Å². The van der Waals surface area contributed by atoms with E-state index in [1.54, 1.807) is 30.3 Å². The minimum Gasteiger partial charge on any atom is -0.449 e. The lowest BCUT2D eigenvalue weighted by molar-refractivity contribution is 0.0656. The number of H-pyrrole nitrogens is 1. The van der Waals surface area contributed by atoms with E-state index in [9.17, 15) is 13.6 Å². The van der Waals surface area contributed by atoms with E-state index in [0.717, 1.165) is 21.7 Å². The highest BCUT2D eigenvalue weighted by atomic mass is 32.2. The number of para-hydroxylation sites is 3. The zero-order valence-corrected chi connectivity index (χ0v) is 15.0. The molecule has 0 saturated heterocycles. The molecule has 0 aliphatic rings. The number of aromatic amines is 1. The van der Waals surface area contributed by atoms with E-state index in [4.69, 9.17) is 4.42 Å². The molecule has 3 aromatic heterocycles. The summed E-state index contributed by atoms with van der Waals surface area (Å²) in [6.07, 6.45) is 0. The van der Waals surface area contributed by atoms with Gasteiger partial charge in [-0.2, -0.15) is 8.78 Å². The van der Waals surface area contributed by atoms with Crippen molar-refractivity contribution in [2.75, 3.05) is 0 Å². The summed E-state index contributed by atoms with van der Waals surface area (Å²) in [5, 5.41) is 0.894. The van der Waals surface area contributed by atoms with Crippen LogP contribution in [0.5, 0.6) is 0 Å². The molecule has 140 valence electrons. The molecule has 5 rings (SSSR count). The lowest BCUT2D eigenvalue weighted by Gasteiger charge is -2.07. The first-order valence-corrected chi connectivity index (χ1v) is 9.39. The maximum absolute atomic E-state index is 13.5. The fourth-order valence-corrected chi connectivity index (χ4v) is 4.04. The van der Waals surface area contributed by atoms with E-state index in [1.165, 1.54) is 0 Å². The maximum Gasteiger partial charge on any atom is 0.321 e. The van der Waals surface area contributed by atoms with Gasteiger partial charge in [0.1, 0.15) is 16.9 Å². The molecular formula is C19H12F2N4O2S. The van der Waals surface area contributed by atoms with Gasteiger partial charge in [0.2, 0.25) is 5.58 Å². The number of nitrogens with one attached hydrogen (secondary N) is 1. The molecule has 5 aromatic rings. The second-order valence-electron chi connectivity index (χ2n) is 6.11. The molecule has 0 atom stereocenters. The highest BCUT2D eigenvalue weighted by Crippen LogP contribution is 2.31. The number of hydrogen-bond acceptors (Lipinski definition) is 5. The first-order valence-electron chi connectivity index (χ1n) is 8.40. The molecule has 0 spiro atoms. The molecule has 28 heavy (non-hydrogen) atoms. The minimum absolute atomic E-state index is 0.148. The summed E-state index contributed by atoms with van der Waals surface area (Å²) in [6, 6.07) is 13.9. The van der Waals surface area contributed by atoms with E-state index in [2.05, 4.69) is 15.0 Å². The van der Waals surface area contributed by atoms with Gasteiger partial charge >= 0.3 is 6.55 Å². The Balaban J connectivity index is 1.54. The van der Waals surface area contributed by atoms with Crippen LogP contribution in [0.15, 0.2) is 62.9 Å². The Morgan fingerprint density at radius 3 is 2.75 bits per heavy atom. The zero-order chi connectivity index (χ0) is 19.3. The molecule has 2 aromatic carbocycles. The van der Waals surface area contributed by atoms with Crippen LogP contribution in [-0.4, -0.2) is 19.5 Å². The van der Waals surface area contributed by atoms with Crippen molar-refractivity contribution in [3.63, 3.8) is 0 Å². The molecule has 0 amide bonds. The molecule has 0 unspecified atom stereocenters. The number of hydrogen-bond donors (Lipinski definition) is 1. The Labute approximate surface area is 160 Å². The van der Waals surface area contributed by atoms with Crippen LogP contribution in [-0.2, 0) is 5.75 Å². The quantitative estimate of drug-likeness (QED) is 0.444. The third-order valence-electron chi connectivity index (χ3n) is 4.38. The van der Waals surface area contributed by atoms with E-state index >= 15 is 0 Å². The number of halogens is 2. The highest BCUT2D eigenvalue weighted by molar-refractivity contribution is 7.98. The van der Waals surface area contributed by atoms with Gasteiger partial charge in [-0.3, -0.25) is 9.36 Å². The summed E-state index contributed by atoms with van der Waals surface area (Å²) in [4.78, 5) is 23.8. The van der Waals surface area contributed by atoms with Crippen molar-refractivity contribution in [1.82, 2.24) is 19.5 Å². The van der Waals surface area contributed by atoms with Gasteiger partial charge in [-0.05, 0) is 24.3 Å².